The highest BCUT2D eigenvalue weighted by Gasteiger charge is 2.37. The molecule has 0 saturated heterocycles. The van der Waals surface area contributed by atoms with Crippen LogP contribution in [0.5, 0.6) is 0 Å². The summed E-state index contributed by atoms with van der Waals surface area (Å²) in [6.07, 6.45) is 6.42. The molecule has 0 unspecified atom stereocenters. The van der Waals surface area contributed by atoms with Crippen molar-refractivity contribution in [2.45, 2.75) is 59.8 Å². The van der Waals surface area contributed by atoms with E-state index in [-0.39, 0.29) is 0 Å². The lowest BCUT2D eigenvalue weighted by molar-refractivity contribution is 0.0926. The lowest BCUT2D eigenvalue weighted by Gasteiger charge is -2.44. The van der Waals surface area contributed by atoms with Crippen LogP contribution >= 0.6 is 0 Å². The fraction of sp³-hybridized carbons (Fsp3) is 0.684. The van der Waals surface area contributed by atoms with Crippen LogP contribution in [0.1, 0.15) is 57.6 Å². The molecule has 0 aromatic heterocycles. The Balaban J connectivity index is 2.03. The van der Waals surface area contributed by atoms with Gasteiger partial charge in [0, 0.05) is 0 Å². The molecule has 0 radical (unpaired) electrons. The highest BCUT2D eigenvalue weighted by Crippen LogP contribution is 2.46. The zero-order valence-electron chi connectivity index (χ0n) is 13.7. The summed E-state index contributed by atoms with van der Waals surface area (Å²) in [5.74, 6) is 0.861. The summed E-state index contributed by atoms with van der Waals surface area (Å²) in [6, 6.07) is 9.01. The van der Waals surface area contributed by atoms with Crippen molar-refractivity contribution in [3.05, 3.63) is 35.4 Å². The third-order valence-corrected chi connectivity index (χ3v) is 5.40. The van der Waals surface area contributed by atoms with E-state index >= 15 is 0 Å². The molecule has 1 heteroatoms. The topological polar surface area (TPSA) is 26.0 Å². The second-order valence-electron chi connectivity index (χ2n) is 8.01. The van der Waals surface area contributed by atoms with E-state index in [9.17, 15) is 0 Å². The van der Waals surface area contributed by atoms with Crippen LogP contribution in [-0.4, -0.2) is 6.54 Å². The van der Waals surface area contributed by atoms with E-state index in [1.54, 1.807) is 0 Å². The van der Waals surface area contributed by atoms with Gasteiger partial charge in [-0.15, -0.1) is 0 Å². The Kier molecular flexibility index (Phi) is 4.59. The van der Waals surface area contributed by atoms with E-state index in [0.717, 1.165) is 18.9 Å². The summed E-state index contributed by atoms with van der Waals surface area (Å²) in [5.41, 5.74) is 9.76. The minimum Gasteiger partial charge on any atom is -0.330 e. The van der Waals surface area contributed by atoms with Gasteiger partial charge in [0.15, 0.2) is 0 Å². The number of hydrogen-bond acceptors (Lipinski definition) is 1. The van der Waals surface area contributed by atoms with Crippen LogP contribution in [0.2, 0.25) is 0 Å². The fourth-order valence-corrected chi connectivity index (χ4v) is 3.69. The summed E-state index contributed by atoms with van der Waals surface area (Å²) in [5, 5.41) is 0. The molecule has 2 rings (SSSR count). The van der Waals surface area contributed by atoms with E-state index in [2.05, 4.69) is 52.0 Å². The van der Waals surface area contributed by atoms with Crippen molar-refractivity contribution in [2.75, 3.05) is 6.54 Å². The molecule has 1 saturated carbocycles. The molecule has 1 aliphatic rings. The summed E-state index contributed by atoms with van der Waals surface area (Å²) < 4.78 is 0. The molecular weight excluding hydrogens is 242 g/mol. The Morgan fingerprint density at radius 3 is 2.10 bits per heavy atom. The fourth-order valence-electron chi connectivity index (χ4n) is 3.69. The maximum Gasteiger partial charge on any atom is -0.00173 e. The van der Waals surface area contributed by atoms with Crippen LogP contribution in [0.3, 0.4) is 0 Å². The maximum absolute atomic E-state index is 6.17. The largest absolute Gasteiger partial charge is 0.330 e. The van der Waals surface area contributed by atoms with Gasteiger partial charge in [-0.3, -0.25) is 0 Å². The Morgan fingerprint density at radius 2 is 1.65 bits per heavy atom. The smallest absolute Gasteiger partial charge is 0.00173 e. The van der Waals surface area contributed by atoms with E-state index in [4.69, 9.17) is 5.73 Å². The first-order chi connectivity index (χ1) is 9.35. The minimum atomic E-state index is 0.344. The third kappa shape index (κ3) is 3.63. The number of nitrogens with two attached hydrogens (primary N) is 1. The van der Waals surface area contributed by atoms with E-state index in [0.29, 0.717) is 10.8 Å². The lowest BCUT2D eigenvalue weighted by atomic mass is 9.62. The molecule has 20 heavy (non-hydrogen) atoms. The zero-order chi connectivity index (χ0) is 14.8. The number of benzene rings is 1. The van der Waals surface area contributed by atoms with Gasteiger partial charge in [-0.25, -0.2) is 0 Å². The average Bonchev–Trinajstić information content (AvgIpc) is 2.41. The second-order valence-corrected chi connectivity index (χ2v) is 8.01. The molecule has 0 atom stereocenters. The van der Waals surface area contributed by atoms with Crippen LogP contribution in [0.15, 0.2) is 24.3 Å². The molecule has 0 amide bonds. The van der Waals surface area contributed by atoms with Crippen molar-refractivity contribution in [3.8, 4) is 0 Å². The molecule has 112 valence electrons. The maximum atomic E-state index is 6.17. The van der Waals surface area contributed by atoms with Crippen molar-refractivity contribution in [2.24, 2.45) is 22.5 Å². The number of rotatable bonds is 3. The monoisotopic (exact) mass is 273 g/mol. The standard InChI is InChI=1S/C19H31N/c1-15-5-7-16(8-6-15)13-19(14-20)11-9-17(10-12-19)18(2,3)4/h5-8,17H,9-14,20H2,1-4H3. The van der Waals surface area contributed by atoms with E-state index in [1.807, 2.05) is 0 Å². The van der Waals surface area contributed by atoms with Crippen molar-refractivity contribution in [1.29, 1.82) is 0 Å². The zero-order valence-corrected chi connectivity index (χ0v) is 13.7. The van der Waals surface area contributed by atoms with Gasteiger partial charge < -0.3 is 5.73 Å². The van der Waals surface area contributed by atoms with Gasteiger partial charge >= 0.3 is 0 Å². The van der Waals surface area contributed by atoms with Crippen molar-refractivity contribution >= 4 is 0 Å². The second kappa shape index (κ2) is 5.89. The summed E-state index contributed by atoms with van der Waals surface area (Å²) in [4.78, 5) is 0. The van der Waals surface area contributed by atoms with Crippen molar-refractivity contribution in [3.63, 3.8) is 0 Å². The van der Waals surface area contributed by atoms with Crippen LogP contribution in [0, 0.1) is 23.7 Å². The lowest BCUT2D eigenvalue weighted by Crippen LogP contribution is -2.39. The van der Waals surface area contributed by atoms with Gasteiger partial charge in [-0.2, -0.15) is 0 Å². The first-order valence-corrected chi connectivity index (χ1v) is 8.10. The quantitative estimate of drug-likeness (QED) is 0.847. The molecule has 1 aromatic carbocycles. The van der Waals surface area contributed by atoms with Gasteiger partial charge in [0.05, 0.1) is 0 Å². The molecule has 2 N–H and O–H groups in total. The molecule has 1 fully saturated rings. The number of aryl methyl sites for hydroxylation is 1. The van der Waals surface area contributed by atoms with Gasteiger partial charge in [-0.05, 0) is 67.9 Å². The van der Waals surface area contributed by atoms with E-state index in [1.165, 1.54) is 36.8 Å². The Morgan fingerprint density at radius 1 is 1.10 bits per heavy atom. The molecule has 0 heterocycles. The van der Waals surface area contributed by atoms with Crippen molar-refractivity contribution in [1.82, 2.24) is 0 Å². The van der Waals surface area contributed by atoms with Crippen LogP contribution < -0.4 is 5.73 Å². The first kappa shape index (κ1) is 15.6. The Hall–Kier alpha value is -0.820. The van der Waals surface area contributed by atoms with E-state index < -0.39 is 0 Å². The van der Waals surface area contributed by atoms with Crippen LogP contribution in [0.4, 0.5) is 0 Å². The van der Waals surface area contributed by atoms with Crippen molar-refractivity contribution < 1.29 is 0 Å². The summed E-state index contributed by atoms with van der Waals surface area (Å²) in [7, 11) is 0. The normalized spacial score (nSPS) is 27.6. The highest BCUT2D eigenvalue weighted by atomic mass is 14.6. The molecule has 0 bridgehead atoms. The SMILES string of the molecule is Cc1ccc(CC2(CN)CCC(C(C)(C)C)CC2)cc1. The van der Waals surface area contributed by atoms with Crippen LogP contribution in [-0.2, 0) is 6.42 Å². The first-order valence-electron chi connectivity index (χ1n) is 8.10. The average molecular weight is 273 g/mol. The summed E-state index contributed by atoms with van der Waals surface area (Å²) >= 11 is 0. The predicted molar refractivity (Wildman–Crippen MR) is 87.8 cm³/mol. The van der Waals surface area contributed by atoms with Crippen LogP contribution in [0.25, 0.3) is 0 Å². The minimum absolute atomic E-state index is 0.344. The number of hydrogen-bond donors (Lipinski definition) is 1. The van der Waals surface area contributed by atoms with Gasteiger partial charge in [0.2, 0.25) is 0 Å². The van der Waals surface area contributed by atoms with Gasteiger partial charge in [0.1, 0.15) is 0 Å². The van der Waals surface area contributed by atoms with Gasteiger partial charge in [-0.1, -0.05) is 50.6 Å². The predicted octanol–water partition coefficient (Wildman–Crippen LogP) is 4.72. The highest BCUT2D eigenvalue weighted by molar-refractivity contribution is 5.22. The molecular formula is C19H31N. The Bertz CT molecular complexity index is 416. The Labute approximate surface area is 125 Å². The van der Waals surface area contributed by atoms with Gasteiger partial charge in [0.25, 0.3) is 0 Å². The molecule has 0 spiro atoms. The molecule has 1 aromatic rings. The third-order valence-electron chi connectivity index (χ3n) is 5.40. The molecule has 1 aliphatic carbocycles. The molecule has 0 aliphatic heterocycles. The molecule has 1 nitrogen and oxygen atoms in total. The summed E-state index contributed by atoms with van der Waals surface area (Å²) in [6.45, 7) is 10.1.